The average Bonchev–Trinajstić information content (AvgIpc) is 2.48. The average molecular weight is 295 g/mol. The van der Waals surface area contributed by atoms with Crippen molar-refractivity contribution in [3.63, 3.8) is 0 Å². The van der Waals surface area contributed by atoms with E-state index in [9.17, 15) is 5.11 Å². The third-order valence-electron chi connectivity index (χ3n) is 5.28. The quantitative estimate of drug-likeness (QED) is 0.708. The minimum atomic E-state index is -0.391. The molecular weight excluding hydrogens is 262 g/mol. The first-order valence-corrected chi connectivity index (χ1v) is 8.75. The molecule has 0 aromatic heterocycles. The summed E-state index contributed by atoms with van der Waals surface area (Å²) < 4.78 is 5.75. The third kappa shape index (κ3) is 5.72. The summed E-state index contributed by atoms with van der Waals surface area (Å²) in [6.07, 6.45) is 12.9. The van der Waals surface area contributed by atoms with E-state index in [4.69, 9.17) is 4.74 Å². The number of aliphatic hydroxyl groups is 1. The van der Waals surface area contributed by atoms with Gasteiger partial charge in [0.1, 0.15) is 0 Å². The van der Waals surface area contributed by atoms with Crippen molar-refractivity contribution in [1.29, 1.82) is 0 Å². The van der Waals surface area contributed by atoms with Gasteiger partial charge in [-0.2, -0.15) is 0 Å². The monoisotopic (exact) mass is 295 g/mol. The van der Waals surface area contributed by atoms with Crippen molar-refractivity contribution in [2.24, 2.45) is 11.8 Å². The Morgan fingerprint density at radius 2 is 1.95 bits per heavy atom. The van der Waals surface area contributed by atoms with E-state index in [0.29, 0.717) is 25.0 Å². The van der Waals surface area contributed by atoms with Crippen LogP contribution in [0.4, 0.5) is 0 Å². The van der Waals surface area contributed by atoms with Crippen molar-refractivity contribution in [3.05, 3.63) is 12.2 Å². The Morgan fingerprint density at radius 3 is 2.67 bits per heavy atom. The Bertz CT molecular complexity index is 323. The molecule has 2 aliphatic carbocycles. The van der Waals surface area contributed by atoms with Crippen LogP contribution in [0.1, 0.15) is 58.8 Å². The first kappa shape index (κ1) is 17.0. The minimum Gasteiger partial charge on any atom is -0.389 e. The molecule has 0 heterocycles. The van der Waals surface area contributed by atoms with Gasteiger partial charge in [0, 0.05) is 12.1 Å². The van der Waals surface area contributed by atoms with Gasteiger partial charge < -0.3 is 15.2 Å². The van der Waals surface area contributed by atoms with Gasteiger partial charge in [-0.1, -0.05) is 38.3 Å². The largest absolute Gasteiger partial charge is 0.389 e. The van der Waals surface area contributed by atoms with Crippen LogP contribution in [0.15, 0.2) is 12.2 Å². The van der Waals surface area contributed by atoms with Crippen LogP contribution < -0.4 is 5.32 Å². The fourth-order valence-corrected chi connectivity index (χ4v) is 3.53. The molecule has 0 saturated heterocycles. The van der Waals surface area contributed by atoms with Crippen LogP contribution in [-0.2, 0) is 4.74 Å². The van der Waals surface area contributed by atoms with E-state index in [1.165, 1.54) is 32.1 Å². The number of hydrogen-bond donors (Lipinski definition) is 2. The minimum absolute atomic E-state index is 0.224. The number of aliphatic hydroxyl groups excluding tert-OH is 1. The fourth-order valence-electron chi connectivity index (χ4n) is 3.53. The van der Waals surface area contributed by atoms with Crippen molar-refractivity contribution in [2.75, 3.05) is 19.8 Å². The molecule has 3 atom stereocenters. The van der Waals surface area contributed by atoms with E-state index < -0.39 is 6.10 Å². The maximum Gasteiger partial charge on any atom is 0.0897 e. The number of hydrogen-bond acceptors (Lipinski definition) is 3. The van der Waals surface area contributed by atoms with Gasteiger partial charge in [-0.05, 0) is 44.4 Å². The molecular formula is C18H33NO2. The molecule has 0 aromatic rings. The van der Waals surface area contributed by atoms with Crippen molar-refractivity contribution in [3.8, 4) is 0 Å². The lowest BCUT2D eigenvalue weighted by atomic mass is 9.83. The molecule has 2 rings (SSSR count). The van der Waals surface area contributed by atoms with Gasteiger partial charge in [-0.15, -0.1) is 0 Å². The zero-order chi connectivity index (χ0) is 15.1. The van der Waals surface area contributed by atoms with Crippen molar-refractivity contribution in [2.45, 2.75) is 70.4 Å². The SMILES string of the molecule is CC1CC=CCC1COCC(O)CNC1(C)CCCCC1. The third-order valence-corrected chi connectivity index (χ3v) is 5.28. The second-order valence-corrected chi connectivity index (χ2v) is 7.37. The van der Waals surface area contributed by atoms with Crippen LogP contribution in [0.25, 0.3) is 0 Å². The molecule has 0 spiro atoms. The van der Waals surface area contributed by atoms with Crippen LogP contribution in [0.5, 0.6) is 0 Å². The van der Waals surface area contributed by atoms with Gasteiger partial charge in [0.25, 0.3) is 0 Å². The van der Waals surface area contributed by atoms with Crippen LogP contribution in [0.3, 0.4) is 0 Å². The Labute approximate surface area is 130 Å². The molecule has 3 nitrogen and oxygen atoms in total. The number of β-amino-alcohol motifs (C(OH)–C–C–N with tert-alkyl or cyclic N) is 1. The van der Waals surface area contributed by atoms with E-state index in [1.54, 1.807) is 0 Å². The first-order chi connectivity index (χ1) is 10.1. The summed E-state index contributed by atoms with van der Waals surface area (Å²) in [5, 5.41) is 13.6. The molecule has 3 unspecified atom stereocenters. The molecule has 0 bridgehead atoms. The van der Waals surface area contributed by atoms with Crippen molar-refractivity contribution in [1.82, 2.24) is 5.32 Å². The van der Waals surface area contributed by atoms with Gasteiger partial charge in [0.2, 0.25) is 0 Å². The molecule has 0 aliphatic heterocycles. The Morgan fingerprint density at radius 1 is 1.24 bits per heavy atom. The van der Waals surface area contributed by atoms with Gasteiger partial charge >= 0.3 is 0 Å². The van der Waals surface area contributed by atoms with E-state index >= 15 is 0 Å². The zero-order valence-electron chi connectivity index (χ0n) is 13.8. The molecule has 21 heavy (non-hydrogen) atoms. The van der Waals surface area contributed by atoms with E-state index in [1.807, 2.05) is 0 Å². The Balaban J connectivity index is 1.59. The molecule has 2 N–H and O–H groups in total. The highest BCUT2D eigenvalue weighted by atomic mass is 16.5. The molecule has 1 saturated carbocycles. The number of allylic oxidation sites excluding steroid dienone is 2. The predicted octanol–water partition coefficient (Wildman–Crippen LogP) is 3.28. The molecule has 0 radical (unpaired) electrons. The molecule has 2 aliphatic rings. The van der Waals surface area contributed by atoms with Crippen LogP contribution in [-0.4, -0.2) is 36.5 Å². The van der Waals surface area contributed by atoms with Gasteiger partial charge in [0.15, 0.2) is 0 Å². The van der Waals surface area contributed by atoms with Crippen LogP contribution >= 0.6 is 0 Å². The summed E-state index contributed by atoms with van der Waals surface area (Å²) >= 11 is 0. The Kier molecular flexibility index (Phi) is 6.72. The summed E-state index contributed by atoms with van der Waals surface area (Å²) in [6.45, 7) is 6.46. The highest BCUT2D eigenvalue weighted by Gasteiger charge is 2.26. The summed E-state index contributed by atoms with van der Waals surface area (Å²) in [6, 6.07) is 0. The summed E-state index contributed by atoms with van der Waals surface area (Å²) in [4.78, 5) is 0. The summed E-state index contributed by atoms with van der Waals surface area (Å²) in [5.41, 5.74) is 0.224. The van der Waals surface area contributed by atoms with Gasteiger partial charge in [0.05, 0.1) is 19.3 Å². The standard InChI is InChI=1S/C18H33NO2/c1-15-8-4-5-9-16(15)13-21-14-17(20)12-19-18(2)10-6-3-7-11-18/h4-5,15-17,19-20H,3,6-14H2,1-2H3. The molecule has 0 aromatic carbocycles. The number of rotatable bonds is 7. The maximum absolute atomic E-state index is 10.1. The van der Waals surface area contributed by atoms with Crippen LogP contribution in [0, 0.1) is 11.8 Å². The zero-order valence-corrected chi connectivity index (χ0v) is 13.8. The highest BCUT2D eigenvalue weighted by Crippen LogP contribution is 2.27. The summed E-state index contributed by atoms with van der Waals surface area (Å²) in [7, 11) is 0. The first-order valence-electron chi connectivity index (χ1n) is 8.75. The van der Waals surface area contributed by atoms with Gasteiger partial charge in [-0.3, -0.25) is 0 Å². The number of ether oxygens (including phenoxy) is 1. The van der Waals surface area contributed by atoms with Crippen molar-refractivity contribution < 1.29 is 9.84 Å². The highest BCUT2D eigenvalue weighted by molar-refractivity contribution is 4.93. The molecule has 0 amide bonds. The van der Waals surface area contributed by atoms with E-state index in [2.05, 4.69) is 31.3 Å². The molecule has 122 valence electrons. The van der Waals surface area contributed by atoms with Crippen molar-refractivity contribution >= 4 is 0 Å². The number of nitrogens with one attached hydrogen (secondary N) is 1. The van der Waals surface area contributed by atoms with E-state index in [-0.39, 0.29) is 5.54 Å². The lowest BCUT2D eigenvalue weighted by molar-refractivity contribution is 0.00911. The normalized spacial score (nSPS) is 30.2. The smallest absolute Gasteiger partial charge is 0.0897 e. The molecule has 3 heteroatoms. The lowest BCUT2D eigenvalue weighted by Crippen LogP contribution is -2.47. The fraction of sp³-hybridized carbons (Fsp3) is 0.889. The lowest BCUT2D eigenvalue weighted by Gasteiger charge is -2.35. The second-order valence-electron chi connectivity index (χ2n) is 7.37. The molecule has 1 fully saturated rings. The van der Waals surface area contributed by atoms with Gasteiger partial charge in [-0.25, -0.2) is 0 Å². The summed E-state index contributed by atoms with van der Waals surface area (Å²) in [5.74, 6) is 1.32. The maximum atomic E-state index is 10.1. The second kappa shape index (κ2) is 8.30. The van der Waals surface area contributed by atoms with Crippen LogP contribution in [0.2, 0.25) is 0 Å². The topological polar surface area (TPSA) is 41.5 Å². The Hall–Kier alpha value is -0.380. The van der Waals surface area contributed by atoms with E-state index in [0.717, 1.165) is 19.4 Å². The predicted molar refractivity (Wildman–Crippen MR) is 87.3 cm³/mol.